The lowest BCUT2D eigenvalue weighted by Gasteiger charge is -2.28. The van der Waals surface area contributed by atoms with Crippen LogP contribution in [-0.2, 0) is 83.1 Å². The van der Waals surface area contributed by atoms with E-state index in [0.29, 0.717) is 37.7 Å². The number of nitrogens with one attached hydrogen (secondary N) is 10. The third-order valence-electron chi connectivity index (χ3n) is 18.8. The highest BCUT2D eigenvalue weighted by molar-refractivity contribution is 6.00. The van der Waals surface area contributed by atoms with Crippen LogP contribution in [0, 0.1) is 5.92 Å². The van der Waals surface area contributed by atoms with Gasteiger partial charge in [0, 0.05) is 38.6 Å². The first kappa shape index (κ1) is 98.0. The average Bonchev–Trinajstić information content (AvgIpc) is 0.858. The first-order valence-corrected chi connectivity index (χ1v) is 39.7. The predicted molar refractivity (Wildman–Crippen MR) is 408 cm³/mol. The minimum Gasteiger partial charge on any atom is -0.481 e. The molecule has 9 unspecified atom stereocenters. The summed E-state index contributed by atoms with van der Waals surface area (Å²) in [6.45, 7) is 8.22. The van der Waals surface area contributed by atoms with Crippen molar-refractivity contribution in [3.05, 3.63) is 35.9 Å². The summed E-state index contributed by atoms with van der Waals surface area (Å²) in [5, 5.41) is 62.8. The molecule has 0 saturated carbocycles. The van der Waals surface area contributed by atoms with Crippen molar-refractivity contribution in [2.24, 2.45) is 11.7 Å². The largest absolute Gasteiger partial charge is 0.481 e. The van der Waals surface area contributed by atoms with Gasteiger partial charge in [-0.3, -0.25) is 76.7 Å². The molecule has 1 aromatic rings. The topological polar surface area (TPSA) is 500 Å². The molecular formula is C78H129N11O20. The van der Waals surface area contributed by atoms with E-state index in [1.165, 1.54) is 122 Å². The molecule has 0 aliphatic heterocycles. The Hall–Kier alpha value is -9.06. The van der Waals surface area contributed by atoms with E-state index in [9.17, 15) is 97.1 Å². The number of unbranched alkanes of at least 4 members (excludes halogenated alkanes) is 25. The Morgan fingerprint density at radius 1 is 0.349 bits per heavy atom. The van der Waals surface area contributed by atoms with E-state index in [-0.39, 0.29) is 31.7 Å². The summed E-state index contributed by atoms with van der Waals surface area (Å²) in [6.07, 6.45) is 24.8. The molecule has 0 heterocycles. The number of nitrogens with two attached hydrogens (primary N) is 1. The fraction of sp³-hybridized carbons (Fsp3) is 0.718. The van der Waals surface area contributed by atoms with Crippen LogP contribution >= 0.6 is 0 Å². The van der Waals surface area contributed by atoms with Crippen molar-refractivity contribution in [3.63, 3.8) is 0 Å². The first-order chi connectivity index (χ1) is 52.0. The van der Waals surface area contributed by atoms with Gasteiger partial charge in [-0.25, -0.2) is 0 Å². The van der Waals surface area contributed by atoms with E-state index in [4.69, 9.17) is 5.73 Å². The number of hydrogen-bond donors (Lipinski definition) is 15. The Labute approximate surface area is 642 Å². The van der Waals surface area contributed by atoms with Crippen LogP contribution in [-0.4, -0.2) is 176 Å². The maximum atomic E-state index is 14.3. The van der Waals surface area contributed by atoms with E-state index in [1.54, 1.807) is 32.0 Å². The molecule has 0 aliphatic rings. The molecule has 0 aliphatic carbocycles. The Morgan fingerprint density at radius 2 is 0.706 bits per heavy atom. The molecular weight excluding hydrogens is 1410 g/mol. The highest BCUT2D eigenvalue weighted by Crippen LogP contribution is 2.17. The van der Waals surface area contributed by atoms with Gasteiger partial charge in [0.2, 0.25) is 65.0 Å². The molecule has 0 saturated heterocycles. The van der Waals surface area contributed by atoms with Crippen molar-refractivity contribution in [3.8, 4) is 0 Å². The second kappa shape index (κ2) is 59.8. The Morgan fingerprint density at radius 3 is 1.12 bits per heavy atom. The number of carboxylic acids is 4. The molecule has 1 aromatic carbocycles. The van der Waals surface area contributed by atoms with Crippen LogP contribution in [0.5, 0.6) is 0 Å². The van der Waals surface area contributed by atoms with Gasteiger partial charge in [-0.2, -0.15) is 0 Å². The fourth-order valence-corrected chi connectivity index (χ4v) is 12.3. The summed E-state index contributed by atoms with van der Waals surface area (Å²) < 4.78 is 0. The van der Waals surface area contributed by atoms with Crippen LogP contribution in [0.1, 0.15) is 291 Å². The summed E-state index contributed by atoms with van der Waals surface area (Å²) in [6, 6.07) is -5.64. The smallest absolute Gasteiger partial charge is 0.305 e. The monoisotopic (exact) mass is 1540 g/mol. The Bertz CT molecular complexity index is 2970. The molecule has 0 aromatic heterocycles. The third kappa shape index (κ3) is 48.9. The van der Waals surface area contributed by atoms with Crippen molar-refractivity contribution in [2.75, 3.05) is 13.1 Å². The van der Waals surface area contributed by atoms with Crippen LogP contribution < -0.4 is 58.9 Å². The number of benzene rings is 1. The highest BCUT2D eigenvalue weighted by atomic mass is 16.4. The van der Waals surface area contributed by atoms with Crippen LogP contribution in [0.2, 0.25) is 0 Å². The predicted octanol–water partition coefficient (Wildman–Crippen LogP) is 6.66. The minimum atomic E-state index is -2.05. The summed E-state index contributed by atoms with van der Waals surface area (Å²) >= 11 is 0. The summed E-state index contributed by atoms with van der Waals surface area (Å²) in [4.78, 5) is 210. The molecule has 109 heavy (non-hydrogen) atoms. The van der Waals surface area contributed by atoms with Gasteiger partial charge in [0.15, 0.2) is 5.78 Å². The van der Waals surface area contributed by atoms with Gasteiger partial charge in [-0.1, -0.05) is 219 Å². The van der Waals surface area contributed by atoms with Crippen LogP contribution in [0.15, 0.2) is 30.3 Å². The number of carbonyl (C=O) groups is 16. The van der Waals surface area contributed by atoms with Gasteiger partial charge >= 0.3 is 23.9 Å². The van der Waals surface area contributed by atoms with Crippen molar-refractivity contribution >= 4 is 94.6 Å². The van der Waals surface area contributed by atoms with E-state index in [2.05, 4.69) is 67.0 Å². The Balaban J connectivity index is 3.33. The molecule has 0 radical (unpaired) electrons. The number of amides is 11. The zero-order valence-electron chi connectivity index (χ0n) is 65.2. The van der Waals surface area contributed by atoms with Crippen molar-refractivity contribution in [1.82, 2.24) is 53.2 Å². The lowest BCUT2D eigenvalue weighted by Crippen LogP contribution is -2.60. The molecule has 0 fully saturated rings. The molecule has 0 bridgehead atoms. The number of carboxylic acid groups (broad SMARTS) is 4. The second-order valence-electron chi connectivity index (χ2n) is 28.5. The van der Waals surface area contributed by atoms with Crippen molar-refractivity contribution < 1.29 is 97.1 Å². The Kier molecular flexibility index (Phi) is 53.8. The second-order valence-corrected chi connectivity index (χ2v) is 28.5. The molecule has 9 atom stereocenters. The van der Waals surface area contributed by atoms with E-state index < -0.39 is 194 Å². The van der Waals surface area contributed by atoms with Crippen molar-refractivity contribution in [1.29, 1.82) is 0 Å². The minimum absolute atomic E-state index is 0.0198. The molecule has 0 spiro atoms. The number of aliphatic carboxylic acids is 4. The maximum Gasteiger partial charge on any atom is 0.305 e. The summed E-state index contributed by atoms with van der Waals surface area (Å²) in [5.74, 6) is -18.1. The molecule has 31 nitrogen and oxygen atoms in total. The fourth-order valence-electron chi connectivity index (χ4n) is 12.3. The lowest BCUT2D eigenvalue weighted by atomic mass is 9.95. The number of ketones is 1. The van der Waals surface area contributed by atoms with Gasteiger partial charge in [0.25, 0.3) is 0 Å². The lowest BCUT2D eigenvalue weighted by molar-refractivity contribution is -0.142. The average molecular weight is 1540 g/mol. The number of carbonyl (C=O) groups excluding carboxylic acids is 12. The van der Waals surface area contributed by atoms with E-state index >= 15 is 0 Å². The third-order valence-corrected chi connectivity index (χ3v) is 18.8. The number of hydrogen-bond acceptors (Lipinski definition) is 16. The van der Waals surface area contributed by atoms with E-state index in [0.717, 1.165) is 57.8 Å². The van der Waals surface area contributed by atoms with Gasteiger partial charge in [-0.15, -0.1) is 0 Å². The van der Waals surface area contributed by atoms with Crippen LogP contribution in [0.4, 0.5) is 0 Å². The number of primary amides is 1. The number of Topliss-reactive ketones (excluding diaryl/α,β-unsaturated/α-hetero) is 1. The van der Waals surface area contributed by atoms with Crippen molar-refractivity contribution in [2.45, 2.75) is 340 Å². The van der Waals surface area contributed by atoms with Gasteiger partial charge in [0.1, 0.15) is 42.3 Å². The molecule has 11 amide bonds. The zero-order valence-corrected chi connectivity index (χ0v) is 65.2. The summed E-state index contributed by atoms with van der Waals surface area (Å²) in [5.41, 5.74) is 5.89. The SMILES string of the molecule is CCCCCCCCCCCCCCCC(=O)NCCCCC(NC(=O)CCCCCCCCCCCCCCC)C(=O)NC(CC(N)=O)C(=O)NC(CC(=O)O)C(=O)NCC(=O)NC(CC(=O)O)C(=O)NC(Cc1ccccc1)C(=O)NC(CCC(=O)O)C(=O)NC(CCC(=O)O)C(=O)NC(C(C)=O)C(C)CC. The normalized spacial score (nSPS) is 13.5. The maximum absolute atomic E-state index is 14.3. The summed E-state index contributed by atoms with van der Waals surface area (Å²) in [7, 11) is 0. The van der Waals surface area contributed by atoms with Crippen LogP contribution in [0.25, 0.3) is 0 Å². The first-order valence-electron chi connectivity index (χ1n) is 39.7. The quantitative estimate of drug-likeness (QED) is 0.0303. The molecule has 31 heteroatoms. The molecule has 1 rings (SSSR count). The zero-order chi connectivity index (χ0) is 81.3. The van der Waals surface area contributed by atoms with Crippen LogP contribution in [0.3, 0.4) is 0 Å². The van der Waals surface area contributed by atoms with E-state index in [1.807, 2.05) is 0 Å². The molecule has 616 valence electrons. The van der Waals surface area contributed by atoms with Gasteiger partial charge < -0.3 is 79.3 Å². The van der Waals surface area contributed by atoms with Gasteiger partial charge in [0.05, 0.1) is 31.8 Å². The number of rotatable bonds is 67. The molecule has 16 N–H and O–H groups in total. The highest BCUT2D eigenvalue weighted by Gasteiger charge is 2.36. The standard InChI is InChI=1S/C78H129N11O20/c1-6-9-11-13-15-17-19-21-23-25-27-29-34-41-64(92)80-47-37-36-40-56(82-65(93)42-35-30-28-26-24-22-20-18-16-14-12-10-7-2)73(104)87-60(49-63(79)91)77(108)88-61(50-69(99)100)72(103)81-52-66(94)83-62(51-70(101)102)78(109)86-59(48-55-38-32-31-33-39-55)76(107)85-57(43-45-67(95)96)74(105)84-58(44-46-68(97)98)75(106)89-71(54(5)90)53(4)8-3/h31-33,38-39,53,56-62,71H,6-30,34-37,40-52H2,1-5H3,(H2,79,91)(H,80,92)(H,81,103)(H,82,93)(H,83,94)(H,84,105)(H,85,107)(H,86,109)(H,87,104)(H,88,108)(H,89,106)(H,95,96)(H,97,98)(H,99,100)(H,101,102). The van der Waals surface area contributed by atoms with Gasteiger partial charge in [-0.05, 0) is 63.4 Å².